The van der Waals surface area contributed by atoms with Crippen LogP contribution in [0.3, 0.4) is 0 Å². The topological polar surface area (TPSA) is 58.2 Å². The fraction of sp³-hybridized carbons (Fsp3) is 0.368. The van der Waals surface area contributed by atoms with Gasteiger partial charge in [-0.3, -0.25) is 0 Å². The van der Waals surface area contributed by atoms with Crippen LogP contribution < -0.4 is 10.6 Å². The Morgan fingerprint density at radius 2 is 1.83 bits per heavy atom. The molecule has 0 radical (unpaired) electrons. The Hall–Kier alpha value is -1.85. The Morgan fingerprint density at radius 3 is 2.67 bits per heavy atom. The largest absolute Gasteiger partial charge is 0.381 e. The maximum Gasteiger partial charge on any atom is 0.206 e. The molecule has 1 fully saturated rings. The van der Waals surface area contributed by atoms with Gasteiger partial charge in [-0.15, -0.1) is 0 Å². The number of hydrogen-bond donors (Lipinski definition) is 2. The van der Waals surface area contributed by atoms with E-state index < -0.39 is 9.84 Å². The Kier molecular flexibility index (Phi) is 3.85. The van der Waals surface area contributed by atoms with Crippen molar-refractivity contribution in [1.82, 2.24) is 5.32 Å². The lowest BCUT2D eigenvalue weighted by molar-refractivity contribution is 0.576. The molecule has 5 heteroatoms. The first-order chi connectivity index (χ1) is 11.6. The number of aryl methyl sites for hydroxylation is 1. The van der Waals surface area contributed by atoms with Gasteiger partial charge in [0, 0.05) is 17.6 Å². The molecule has 2 aromatic carbocycles. The SMILES string of the molecule is Cc1ccccc1S(=O)(=O)c1ccc2c(c1)C1CCNCCC1N2. The molecule has 2 atom stereocenters. The summed E-state index contributed by atoms with van der Waals surface area (Å²) in [5.41, 5.74) is 3.03. The summed E-state index contributed by atoms with van der Waals surface area (Å²) in [5, 5.41) is 7.00. The number of sulfone groups is 1. The normalized spacial score (nSPS) is 23.0. The van der Waals surface area contributed by atoms with Gasteiger partial charge >= 0.3 is 0 Å². The third-order valence-corrected chi connectivity index (χ3v) is 7.12. The van der Waals surface area contributed by atoms with Crippen LogP contribution in [-0.2, 0) is 9.84 Å². The Morgan fingerprint density at radius 1 is 1.04 bits per heavy atom. The highest BCUT2D eigenvalue weighted by molar-refractivity contribution is 7.91. The molecule has 24 heavy (non-hydrogen) atoms. The zero-order valence-corrected chi connectivity index (χ0v) is 14.6. The van der Waals surface area contributed by atoms with E-state index in [1.165, 1.54) is 0 Å². The number of rotatable bonds is 2. The van der Waals surface area contributed by atoms with Crippen LogP contribution in [0.2, 0.25) is 0 Å². The van der Waals surface area contributed by atoms with Crippen molar-refractivity contribution in [3.05, 3.63) is 53.6 Å². The van der Waals surface area contributed by atoms with Gasteiger partial charge in [0.15, 0.2) is 0 Å². The van der Waals surface area contributed by atoms with E-state index in [-0.39, 0.29) is 0 Å². The van der Waals surface area contributed by atoms with E-state index in [1.54, 1.807) is 18.2 Å². The molecule has 0 aliphatic carbocycles. The molecule has 126 valence electrons. The third kappa shape index (κ3) is 2.52. The van der Waals surface area contributed by atoms with Crippen molar-refractivity contribution in [1.29, 1.82) is 0 Å². The summed E-state index contributed by atoms with van der Waals surface area (Å²) in [6, 6.07) is 13.1. The van der Waals surface area contributed by atoms with Crippen LogP contribution in [0.1, 0.15) is 29.9 Å². The minimum Gasteiger partial charge on any atom is -0.381 e. The second kappa shape index (κ2) is 5.90. The minimum atomic E-state index is -3.48. The first-order valence-electron chi connectivity index (χ1n) is 8.49. The molecule has 0 spiro atoms. The standard InChI is InChI=1S/C19H22N2O2S/c1-13-4-2-3-5-19(13)24(22,23)14-6-7-17-16(12-14)15-8-10-20-11-9-18(15)21-17/h2-7,12,15,18,20-21H,8-11H2,1H3. The van der Waals surface area contributed by atoms with Crippen LogP contribution in [0, 0.1) is 6.92 Å². The first kappa shape index (κ1) is 15.7. The van der Waals surface area contributed by atoms with Crippen LogP contribution in [-0.4, -0.2) is 27.5 Å². The third-order valence-electron chi connectivity index (χ3n) is 5.21. The molecule has 0 saturated carbocycles. The molecule has 0 aromatic heterocycles. The van der Waals surface area contributed by atoms with Gasteiger partial charge in [0.25, 0.3) is 0 Å². The summed E-state index contributed by atoms with van der Waals surface area (Å²) >= 11 is 0. The fourth-order valence-electron chi connectivity index (χ4n) is 3.92. The maximum absolute atomic E-state index is 13.0. The zero-order valence-electron chi connectivity index (χ0n) is 13.7. The number of benzene rings is 2. The van der Waals surface area contributed by atoms with Crippen molar-refractivity contribution in [2.24, 2.45) is 0 Å². The van der Waals surface area contributed by atoms with Crippen molar-refractivity contribution in [3.63, 3.8) is 0 Å². The average Bonchev–Trinajstić information content (AvgIpc) is 2.75. The van der Waals surface area contributed by atoms with Crippen LogP contribution >= 0.6 is 0 Å². The van der Waals surface area contributed by atoms with E-state index in [1.807, 2.05) is 31.2 Å². The van der Waals surface area contributed by atoms with E-state index in [0.717, 1.165) is 42.7 Å². The van der Waals surface area contributed by atoms with E-state index in [2.05, 4.69) is 10.6 Å². The highest BCUT2D eigenvalue weighted by Crippen LogP contribution is 2.41. The predicted octanol–water partition coefficient (Wildman–Crippen LogP) is 3.09. The lowest BCUT2D eigenvalue weighted by Gasteiger charge is -2.16. The van der Waals surface area contributed by atoms with Gasteiger partial charge in [-0.2, -0.15) is 0 Å². The quantitative estimate of drug-likeness (QED) is 0.880. The highest BCUT2D eigenvalue weighted by Gasteiger charge is 2.34. The van der Waals surface area contributed by atoms with Crippen LogP contribution in [0.25, 0.3) is 0 Å². The number of hydrogen-bond acceptors (Lipinski definition) is 4. The van der Waals surface area contributed by atoms with Crippen LogP contribution in [0.5, 0.6) is 0 Å². The van der Waals surface area contributed by atoms with Crippen LogP contribution in [0.15, 0.2) is 52.3 Å². The van der Waals surface area contributed by atoms with E-state index in [0.29, 0.717) is 21.8 Å². The summed E-state index contributed by atoms with van der Waals surface area (Å²) in [5.74, 6) is 0.391. The van der Waals surface area contributed by atoms with Crippen molar-refractivity contribution < 1.29 is 8.42 Å². The molecule has 4 nitrogen and oxygen atoms in total. The smallest absolute Gasteiger partial charge is 0.206 e. The van der Waals surface area contributed by atoms with Crippen molar-refractivity contribution in [2.45, 2.75) is 41.5 Å². The molecule has 0 bridgehead atoms. The predicted molar refractivity (Wildman–Crippen MR) is 95.3 cm³/mol. The van der Waals surface area contributed by atoms with Crippen molar-refractivity contribution >= 4 is 15.5 Å². The Bertz CT molecular complexity index is 877. The van der Waals surface area contributed by atoms with Gasteiger partial charge in [0.1, 0.15) is 0 Å². The number of anilines is 1. The Balaban J connectivity index is 1.77. The van der Waals surface area contributed by atoms with Gasteiger partial charge in [0.2, 0.25) is 9.84 Å². The molecule has 2 aliphatic rings. The monoisotopic (exact) mass is 342 g/mol. The molecule has 2 N–H and O–H groups in total. The number of fused-ring (bicyclic) bond motifs is 3. The lowest BCUT2D eigenvalue weighted by atomic mass is 9.91. The molecular weight excluding hydrogens is 320 g/mol. The highest BCUT2D eigenvalue weighted by atomic mass is 32.2. The molecule has 2 unspecified atom stereocenters. The average molecular weight is 342 g/mol. The summed E-state index contributed by atoms with van der Waals surface area (Å²) in [4.78, 5) is 0.796. The molecule has 2 aliphatic heterocycles. The molecule has 2 aromatic rings. The summed E-state index contributed by atoms with van der Waals surface area (Å²) in [7, 11) is -3.48. The molecule has 2 heterocycles. The second-order valence-electron chi connectivity index (χ2n) is 6.70. The zero-order chi connectivity index (χ0) is 16.7. The molecular formula is C19H22N2O2S. The second-order valence-corrected chi connectivity index (χ2v) is 8.62. The maximum atomic E-state index is 13.0. The summed E-state index contributed by atoms with van der Waals surface area (Å²) < 4.78 is 26.1. The van der Waals surface area contributed by atoms with E-state index in [4.69, 9.17) is 0 Å². The van der Waals surface area contributed by atoms with E-state index >= 15 is 0 Å². The van der Waals surface area contributed by atoms with Gasteiger partial charge < -0.3 is 10.6 Å². The van der Waals surface area contributed by atoms with Crippen molar-refractivity contribution in [3.8, 4) is 0 Å². The van der Waals surface area contributed by atoms with Gasteiger partial charge in [-0.25, -0.2) is 8.42 Å². The molecule has 4 rings (SSSR count). The minimum absolute atomic E-state index is 0.391. The molecule has 1 saturated heterocycles. The first-order valence-corrected chi connectivity index (χ1v) is 9.97. The van der Waals surface area contributed by atoms with Gasteiger partial charge in [-0.05, 0) is 68.2 Å². The van der Waals surface area contributed by atoms with Gasteiger partial charge in [0.05, 0.1) is 9.79 Å². The van der Waals surface area contributed by atoms with Crippen molar-refractivity contribution in [2.75, 3.05) is 18.4 Å². The van der Waals surface area contributed by atoms with E-state index in [9.17, 15) is 8.42 Å². The number of nitrogens with one attached hydrogen (secondary N) is 2. The van der Waals surface area contributed by atoms with Gasteiger partial charge in [-0.1, -0.05) is 18.2 Å². The lowest BCUT2D eigenvalue weighted by Crippen LogP contribution is -2.21. The fourth-order valence-corrected chi connectivity index (χ4v) is 5.45. The van der Waals surface area contributed by atoms with Crippen LogP contribution in [0.4, 0.5) is 5.69 Å². The Labute approximate surface area is 143 Å². The summed E-state index contributed by atoms with van der Waals surface area (Å²) in [6.07, 6.45) is 2.11. The molecule has 0 amide bonds. The summed E-state index contributed by atoms with van der Waals surface area (Å²) in [6.45, 7) is 3.84.